The maximum Gasteiger partial charge on any atom is 0.405 e. The second kappa shape index (κ2) is 5.56. The topological polar surface area (TPSA) is 66.6 Å². The fraction of sp³-hybridized carbons (Fsp3) is 0.364. The zero-order valence-corrected chi connectivity index (χ0v) is 10.7. The molecule has 0 spiro atoms. The van der Waals surface area contributed by atoms with Gasteiger partial charge in [0.2, 0.25) is 0 Å². The molecular formula is C11H12ClF3N2O2. The number of hydrogen-bond acceptors (Lipinski definition) is 3. The van der Waals surface area contributed by atoms with Crippen molar-refractivity contribution in [3.63, 3.8) is 0 Å². The normalized spacial score (nSPS) is 11.4. The maximum absolute atomic E-state index is 12.5. The van der Waals surface area contributed by atoms with Crippen molar-refractivity contribution in [2.24, 2.45) is 0 Å². The smallest absolute Gasteiger partial charge is 0.405 e. The molecule has 0 unspecified atom stereocenters. The molecule has 0 aliphatic carbocycles. The van der Waals surface area contributed by atoms with Crippen LogP contribution in [0.3, 0.4) is 0 Å². The lowest BCUT2D eigenvalue weighted by molar-refractivity contribution is -0.119. The Balaban J connectivity index is 3.34. The van der Waals surface area contributed by atoms with Crippen molar-refractivity contribution in [3.05, 3.63) is 22.7 Å². The summed E-state index contributed by atoms with van der Waals surface area (Å²) in [5.41, 5.74) is 5.00. The third-order valence-corrected chi connectivity index (χ3v) is 2.67. The molecule has 0 heterocycles. The molecule has 1 aromatic rings. The van der Waals surface area contributed by atoms with Crippen LogP contribution in [0.5, 0.6) is 0 Å². The van der Waals surface area contributed by atoms with Crippen LogP contribution in [0.15, 0.2) is 12.1 Å². The van der Waals surface area contributed by atoms with Crippen LogP contribution >= 0.6 is 11.6 Å². The van der Waals surface area contributed by atoms with Crippen molar-refractivity contribution >= 4 is 28.9 Å². The van der Waals surface area contributed by atoms with E-state index in [1.165, 1.54) is 13.0 Å². The first-order chi connectivity index (χ1) is 8.65. The molecule has 0 bridgehead atoms. The number of alkyl halides is 3. The minimum absolute atomic E-state index is 0.0383. The van der Waals surface area contributed by atoms with E-state index < -0.39 is 18.7 Å². The Kier molecular flexibility index (Phi) is 4.52. The van der Waals surface area contributed by atoms with Crippen LogP contribution < -0.4 is 10.6 Å². The maximum atomic E-state index is 12.5. The highest BCUT2D eigenvalue weighted by Gasteiger charge is 2.32. The second-order valence-electron chi connectivity index (χ2n) is 3.83. The fourth-order valence-electron chi connectivity index (χ4n) is 1.67. The molecule has 1 aromatic carbocycles. The van der Waals surface area contributed by atoms with Crippen molar-refractivity contribution in [2.75, 3.05) is 23.7 Å². The van der Waals surface area contributed by atoms with Crippen LogP contribution in [0.4, 0.5) is 24.5 Å². The van der Waals surface area contributed by atoms with Crippen molar-refractivity contribution < 1.29 is 23.1 Å². The summed E-state index contributed by atoms with van der Waals surface area (Å²) < 4.78 is 37.4. The predicted molar refractivity (Wildman–Crippen MR) is 66.8 cm³/mol. The largest absolute Gasteiger partial charge is 0.478 e. The summed E-state index contributed by atoms with van der Waals surface area (Å²) in [5, 5.41) is 8.91. The number of aromatic carboxylic acids is 1. The van der Waals surface area contributed by atoms with Crippen molar-refractivity contribution in [1.29, 1.82) is 0 Å². The lowest BCUT2D eigenvalue weighted by atomic mass is 10.1. The number of carboxylic acids is 1. The molecule has 0 saturated heterocycles. The quantitative estimate of drug-likeness (QED) is 0.838. The lowest BCUT2D eigenvalue weighted by Gasteiger charge is -2.27. The number of carbonyl (C=O) groups is 1. The molecule has 19 heavy (non-hydrogen) atoms. The Morgan fingerprint density at radius 1 is 1.47 bits per heavy atom. The van der Waals surface area contributed by atoms with Crippen molar-refractivity contribution in [3.8, 4) is 0 Å². The third-order valence-electron chi connectivity index (χ3n) is 2.38. The van der Waals surface area contributed by atoms with Crippen LogP contribution in [-0.2, 0) is 0 Å². The summed E-state index contributed by atoms with van der Waals surface area (Å²) in [6, 6.07) is 2.31. The molecule has 0 amide bonds. The summed E-state index contributed by atoms with van der Waals surface area (Å²) in [4.78, 5) is 11.9. The molecule has 0 saturated carbocycles. The van der Waals surface area contributed by atoms with Gasteiger partial charge in [-0.3, -0.25) is 0 Å². The van der Waals surface area contributed by atoms with E-state index in [1.807, 2.05) is 0 Å². The molecule has 0 fully saturated rings. The molecular weight excluding hydrogens is 285 g/mol. The van der Waals surface area contributed by atoms with Crippen LogP contribution in [0.1, 0.15) is 17.3 Å². The zero-order valence-electron chi connectivity index (χ0n) is 9.96. The Morgan fingerprint density at radius 2 is 2.05 bits per heavy atom. The van der Waals surface area contributed by atoms with E-state index in [9.17, 15) is 18.0 Å². The predicted octanol–water partition coefficient (Wildman–Crippen LogP) is 3.01. The van der Waals surface area contributed by atoms with Gasteiger partial charge in [0.15, 0.2) is 0 Å². The molecule has 0 aromatic heterocycles. The van der Waals surface area contributed by atoms with Gasteiger partial charge in [-0.1, -0.05) is 11.6 Å². The Labute approximate surface area is 112 Å². The van der Waals surface area contributed by atoms with E-state index >= 15 is 0 Å². The standard InChI is InChI=1S/C11H12ClF3N2O2/c1-2-17(5-11(13,14)15)9-7(10(18)19)3-6(16)4-8(9)12/h3-4H,2,5,16H2,1H3,(H,18,19). The summed E-state index contributed by atoms with van der Waals surface area (Å²) in [7, 11) is 0. The highest BCUT2D eigenvalue weighted by molar-refractivity contribution is 6.34. The summed E-state index contributed by atoms with van der Waals surface area (Å²) in [6.45, 7) is 0.154. The zero-order chi connectivity index (χ0) is 14.8. The minimum Gasteiger partial charge on any atom is -0.478 e. The summed E-state index contributed by atoms with van der Waals surface area (Å²) in [5.74, 6) is -1.38. The van der Waals surface area contributed by atoms with Crippen LogP contribution in [0, 0.1) is 0 Å². The Morgan fingerprint density at radius 3 is 2.47 bits per heavy atom. The van der Waals surface area contributed by atoms with Gasteiger partial charge in [-0.05, 0) is 19.1 Å². The van der Waals surface area contributed by atoms with Gasteiger partial charge < -0.3 is 15.7 Å². The van der Waals surface area contributed by atoms with Crippen LogP contribution in [0.2, 0.25) is 5.02 Å². The summed E-state index contributed by atoms with van der Waals surface area (Å²) >= 11 is 5.83. The second-order valence-corrected chi connectivity index (χ2v) is 4.24. The summed E-state index contributed by atoms with van der Waals surface area (Å²) in [6.07, 6.45) is -4.46. The molecule has 0 radical (unpaired) electrons. The van der Waals surface area contributed by atoms with Crippen LogP contribution in [0.25, 0.3) is 0 Å². The highest BCUT2D eigenvalue weighted by atomic mass is 35.5. The number of benzene rings is 1. The lowest BCUT2D eigenvalue weighted by Crippen LogP contribution is -2.35. The highest BCUT2D eigenvalue weighted by Crippen LogP contribution is 2.34. The molecule has 1 rings (SSSR count). The van der Waals surface area contributed by atoms with Crippen molar-refractivity contribution in [2.45, 2.75) is 13.1 Å². The molecule has 8 heteroatoms. The van der Waals surface area contributed by atoms with E-state index in [1.54, 1.807) is 0 Å². The van der Waals surface area contributed by atoms with Gasteiger partial charge in [-0.25, -0.2) is 4.79 Å². The van der Waals surface area contributed by atoms with Gasteiger partial charge in [-0.15, -0.1) is 0 Å². The number of carboxylic acid groups (broad SMARTS) is 1. The third kappa shape index (κ3) is 3.92. The van der Waals surface area contributed by atoms with E-state index in [-0.39, 0.29) is 28.5 Å². The Bertz CT molecular complexity index is 492. The number of halogens is 4. The van der Waals surface area contributed by atoms with Crippen molar-refractivity contribution in [1.82, 2.24) is 0 Å². The molecule has 4 nitrogen and oxygen atoms in total. The molecule has 0 aliphatic rings. The van der Waals surface area contributed by atoms with Gasteiger partial charge in [-0.2, -0.15) is 13.2 Å². The molecule has 0 atom stereocenters. The van der Waals surface area contributed by atoms with Gasteiger partial charge in [0.1, 0.15) is 6.54 Å². The van der Waals surface area contributed by atoms with E-state index in [4.69, 9.17) is 22.4 Å². The van der Waals surface area contributed by atoms with Gasteiger partial charge >= 0.3 is 12.1 Å². The fourth-order valence-corrected chi connectivity index (χ4v) is 2.02. The average Bonchev–Trinajstić information content (AvgIpc) is 2.24. The first-order valence-electron chi connectivity index (χ1n) is 5.29. The van der Waals surface area contributed by atoms with Gasteiger partial charge in [0.05, 0.1) is 16.3 Å². The molecule has 3 N–H and O–H groups in total. The first-order valence-corrected chi connectivity index (χ1v) is 5.67. The number of nitrogen functional groups attached to an aromatic ring is 1. The first kappa shape index (κ1) is 15.4. The molecule has 106 valence electrons. The van der Waals surface area contributed by atoms with E-state index in [0.29, 0.717) is 0 Å². The van der Waals surface area contributed by atoms with Gasteiger partial charge in [0, 0.05) is 12.2 Å². The number of rotatable bonds is 4. The SMILES string of the molecule is CCN(CC(F)(F)F)c1c(Cl)cc(N)cc1C(=O)O. The number of hydrogen-bond donors (Lipinski definition) is 2. The average molecular weight is 297 g/mol. The Hall–Kier alpha value is -1.63. The number of nitrogens with zero attached hydrogens (tertiary/aromatic N) is 1. The number of nitrogens with two attached hydrogens (primary N) is 1. The number of anilines is 2. The minimum atomic E-state index is -4.46. The van der Waals surface area contributed by atoms with E-state index in [0.717, 1.165) is 11.0 Å². The molecule has 0 aliphatic heterocycles. The monoisotopic (exact) mass is 296 g/mol. The van der Waals surface area contributed by atoms with Crippen LogP contribution in [-0.4, -0.2) is 30.3 Å². The van der Waals surface area contributed by atoms with Gasteiger partial charge in [0.25, 0.3) is 0 Å². The van der Waals surface area contributed by atoms with E-state index in [2.05, 4.69) is 0 Å².